The van der Waals surface area contributed by atoms with Crippen LogP contribution in [0.2, 0.25) is 0 Å². The summed E-state index contributed by atoms with van der Waals surface area (Å²) in [4.78, 5) is 13.0. The summed E-state index contributed by atoms with van der Waals surface area (Å²) in [6.07, 6.45) is 2.27. The van der Waals surface area contributed by atoms with E-state index in [1.54, 1.807) is 24.3 Å². The number of rotatable bonds is 7. The molecular weight excluding hydrogens is 348 g/mol. The largest absolute Gasteiger partial charge is 0.324 e. The number of para-hydroxylation sites is 2. The van der Waals surface area contributed by atoms with Crippen molar-refractivity contribution in [3.05, 3.63) is 59.7 Å². The van der Waals surface area contributed by atoms with Crippen molar-refractivity contribution in [3.8, 4) is 0 Å². The molecule has 0 saturated heterocycles. The number of aryl methyl sites for hydroxylation is 2. The summed E-state index contributed by atoms with van der Waals surface area (Å²) in [6.45, 7) is 5.76. The Morgan fingerprint density at radius 1 is 1.08 bits per heavy atom. The highest BCUT2D eigenvalue weighted by Crippen LogP contribution is 2.25. The van der Waals surface area contributed by atoms with Crippen LogP contribution in [-0.2, 0) is 21.2 Å². The number of carbonyl (C=O) groups excluding carboxylic acids is 1. The van der Waals surface area contributed by atoms with Crippen molar-refractivity contribution in [1.82, 2.24) is 0 Å². The minimum atomic E-state index is -3.62. The van der Waals surface area contributed by atoms with E-state index in [-0.39, 0.29) is 5.91 Å². The third-order valence-electron chi connectivity index (χ3n) is 4.33. The molecule has 0 aromatic heterocycles. The maximum absolute atomic E-state index is 13.0. The lowest BCUT2D eigenvalue weighted by Crippen LogP contribution is -2.47. The number of carbonyl (C=O) groups is 1. The fourth-order valence-electron chi connectivity index (χ4n) is 3.04. The molecule has 0 heterocycles. The van der Waals surface area contributed by atoms with Crippen molar-refractivity contribution < 1.29 is 13.2 Å². The van der Waals surface area contributed by atoms with Gasteiger partial charge in [-0.15, -0.1) is 0 Å². The highest BCUT2D eigenvalue weighted by Gasteiger charge is 2.31. The van der Waals surface area contributed by atoms with E-state index >= 15 is 0 Å². The Hall–Kier alpha value is -2.34. The van der Waals surface area contributed by atoms with E-state index in [1.165, 1.54) is 4.31 Å². The van der Waals surface area contributed by atoms with E-state index in [0.717, 1.165) is 29.5 Å². The van der Waals surface area contributed by atoms with Gasteiger partial charge in [0.05, 0.1) is 11.9 Å². The van der Waals surface area contributed by atoms with E-state index in [9.17, 15) is 13.2 Å². The van der Waals surface area contributed by atoms with Crippen LogP contribution < -0.4 is 9.62 Å². The maximum Gasteiger partial charge on any atom is 0.248 e. The van der Waals surface area contributed by atoms with Crippen LogP contribution in [0, 0.1) is 6.92 Å². The minimum Gasteiger partial charge on any atom is -0.324 e. The molecule has 140 valence electrons. The van der Waals surface area contributed by atoms with Gasteiger partial charge in [0.2, 0.25) is 15.9 Å². The molecule has 26 heavy (non-hydrogen) atoms. The first-order valence-corrected chi connectivity index (χ1v) is 10.6. The number of anilines is 2. The number of hydrogen-bond acceptors (Lipinski definition) is 3. The van der Waals surface area contributed by atoms with Crippen molar-refractivity contribution in [3.63, 3.8) is 0 Å². The van der Waals surface area contributed by atoms with Gasteiger partial charge in [-0.25, -0.2) is 8.42 Å². The summed E-state index contributed by atoms with van der Waals surface area (Å²) in [5.74, 6) is -0.328. The predicted molar refractivity (Wildman–Crippen MR) is 107 cm³/mol. The fourth-order valence-corrected chi connectivity index (χ4v) is 4.26. The number of hydrogen-bond donors (Lipinski definition) is 1. The average Bonchev–Trinajstić information content (AvgIpc) is 2.60. The van der Waals surface area contributed by atoms with Gasteiger partial charge in [-0.1, -0.05) is 50.2 Å². The van der Waals surface area contributed by atoms with Crippen molar-refractivity contribution in [2.24, 2.45) is 0 Å². The first kappa shape index (κ1) is 20.0. The summed E-state index contributed by atoms with van der Waals surface area (Å²) in [5.41, 5.74) is 3.23. The summed E-state index contributed by atoms with van der Waals surface area (Å²) in [5, 5.41) is 2.96. The quantitative estimate of drug-likeness (QED) is 0.803. The smallest absolute Gasteiger partial charge is 0.248 e. The van der Waals surface area contributed by atoms with Crippen LogP contribution in [0.4, 0.5) is 11.4 Å². The lowest BCUT2D eigenvalue weighted by molar-refractivity contribution is -0.117. The molecule has 2 aromatic rings. The van der Waals surface area contributed by atoms with E-state index in [1.807, 2.05) is 45.0 Å². The summed E-state index contributed by atoms with van der Waals surface area (Å²) >= 11 is 0. The molecule has 0 aliphatic rings. The van der Waals surface area contributed by atoms with Crippen LogP contribution in [0.3, 0.4) is 0 Å². The van der Waals surface area contributed by atoms with Gasteiger partial charge in [0, 0.05) is 5.69 Å². The zero-order valence-electron chi connectivity index (χ0n) is 15.7. The normalized spacial score (nSPS) is 12.5. The average molecular weight is 375 g/mol. The number of sulfonamides is 1. The molecule has 1 unspecified atom stereocenters. The molecule has 0 saturated carbocycles. The second kappa shape index (κ2) is 8.36. The van der Waals surface area contributed by atoms with E-state index in [0.29, 0.717) is 12.1 Å². The predicted octanol–water partition coefficient (Wildman–Crippen LogP) is 3.74. The lowest BCUT2D eigenvalue weighted by Gasteiger charge is -2.30. The van der Waals surface area contributed by atoms with Gasteiger partial charge in [0.15, 0.2) is 0 Å². The van der Waals surface area contributed by atoms with E-state index < -0.39 is 16.1 Å². The van der Waals surface area contributed by atoms with Crippen LogP contribution >= 0.6 is 0 Å². The van der Waals surface area contributed by atoms with Crippen LogP contribution in [-0.4, -0.2) is 26.6 Å². The fraction of sp³-hybridized carbons (Fsp3) is 0.350. The molecule has 2 aromatic carbocycles. The molecule has 1 N–H and O–H groups in total. The third kappa shape index (κ3) is 4.43. The highest BCUT2D eigenvalue weighted by molar-refractivity contribution is 7.92. The molecule has 2 rings (SSSR count). The molecule has 0 radical (unpaired) electrons. The van der Waals surface area contributed by atoms with Gasteiger partial charge >= 0.3 is 0 Å². The topological polar surface area (TPSA) is 66.5 Å². The second-order valence-corrected chi connectivity index (χ2v) is 8.13. The first-order chi connectivity index (χ1) is 12.3. The molecule has 6 heteroatoms. The van der Waals surface area contributed by atoms with Crippen molar-refractivity contribution in [1.29, 1.82) is 0 Å². The third-order valence-corrected chi connectivity index (χ3v) is 5.51. The van der Waals surface area contributed by atoms with Gasteiger partial charge in [0.25, 0.3) is 0 Å². The van der Waals surface area contributed by atoms with Gasteiger partial charge in [-0.2, -0.15) is 0 Å². The van der Waals surface area contributed by atoms with Crippen LogP contribution in [0.1, 0.15) is 31.4 Å². The van der Waals surface area contributed by atoms with E-state index in [2.05, 4.69) is 5.32 Å². The Bertz CT molecular complexity index is 864. The van der Waals surface area contributed by atoms with Crippen LogP contribution in [0.5, 0.6) is 0 Å². The SMILES string of the molecule is CCc1cccc(C)c1NC(=O)C(CC)N(c1ccccc1)S(C)(=O)=O. The number of benzene rings is 2. The maximum atomic E-state index is 13.0. The highest BCUT2D eigenvalue weighted by atomic mass is 32.2. The summed E-state index contributed by atoms with van der Waals surface area (Å²) in [7, 11) is -3.62. The zero-order valence-corrected chi connectivity index (χ0v) is 16.5. The second-order valence-electron chi connectivity index (χ2n) is 6.27. The van der Waals surface area contributed by atoms with E-state index in [4.69, 9.17) is 0 Å². The Morgan fingerprint density at radius 2 is 1.73 bits per heavy atom. The van der Waals surface area contributed by atoms with Crippen molar-refractivity contribution >= 4 is 27.3 Å². The Morgan fingerprint density at radius 3 is 2.27 bits per heavy atom. The van der Waals surface area contributed by atoms with Gasteiger partial charge in [-0.3, -0.25) is 9.10 Å². The van der Waals surface area contributed by atoms with Crippen molar-refractivity contribution in [2.75, 3.05) is 15.9 Å². The minimum absolute atomic E-state index is 0.328. The molecule has 5 nitrogen and oxygen atoms in total. The molecule has 0 spiro atoms. The summed E-state index contributed by atoms with van der Waals surface area (Å²) in [6, 6.07) is 13.8. The molecule has 0 aliphatic carbocycles. The molecule has 0 fully saturated rings. The molecular formula is C20H26N2O3S. The lowest BCUT2D eigenvalue weighted by atomic mass is 10.0. The van der Waals surface area contributed by atoms with Crippen LogP contribution in [0.15, 0.2) is 48.5 Å². The van der Waals surface area contributed by atoms with Gasteiger partial charge in [0.1, 0.15) is 6.04 Å². The summed E-state index contributed by atoms with van der Waals surface area (Å²) < 4.78 is 26.1. The van der Waals surface area contributed by atoms with Crippen molar-refractivity contribution in [2.45, 2.75) is 39.7 Å². The first-order valence-electron chi connectivity index (χ1n) is 8.73. The monoisotopic (exact) mass is 374 g/mol. The Kier molecular flexibility index (Phi) is 6.42. The number of amides is 1. The van der Waals surface area contributed by atoms with Gasteiger partial charge < -0.3 is 5.32 Å². The van der Waals surface area contributed by atoms with Gasteiger partial charge in [-0.05, 0) is 43.0 Å². The molecule has 0 aliphatic heterocycles. The van der Waals surface area contributed by atoms with Crippen LogP contribution in [0.25, 0.3) is 0 Å². The Balaban J connectivity index is 2.41. The molecule has 1 atom stereocenters. The molecule has 0 bridgehead atoms. The Labute approximate surface area is 156 Å². The zero-order chi connectivity index (χ0) is 19.3. The molecule has 1 amide bonds. The number of nitrogens with zero attached hydrogens (tertiary/aromatic N) is 1. The standard InChI is InChI=1S/C20H26N2O3S/c1-5-16-12-10-11-15(3)19(16)21-20(23)18(6-2)22(26(4,24)25)17-13-8-7-9-14-17/h7-14,18H,5-6H2,1-4H3,(H,21,23). The number of nitrogens with one attached hydrogen (secondary N) is 1.